The molecule has 1 heterocycles. The molecule has 4 saturated carbocycles. The van der Waals surface area contributed by atoms with Crippen molar-refractivity contribution in [1.29, 1.82) is 0 Å². The van der Waals surface area contributed by atoms with Crippen LogP contribution < -0.4 is 0 Å². The first-order chi connectivity index (χ1) is 10.7. The van der Waals surface area contributed by atoms with Gasteiger partial charge in [-0.1, -0.05) is 33.1 Å². The van der Waals surface area contributed by atoms with E-state index in [0.717, 1.165) is 36.2 Å². The fourth-order valence-electron chi connectivity index (χ4n) is 8.60. The van der Waals surface area contributed by atoms with Gasteiger partial charge >= 0.3 is 0 Å². The topological polar surface area (TPSA) is 9.23 Å². The first kappa shape index (κ1) is 14.3. The summed E-state index contributed by atoms with van der Waals surface area (Å²) in [5.74, 6) is 4.92. The first-order valence-corrected chi connectivity index (χ1v) is 10.3. The molecule has 0 aromatic rings. The van der Waals surface area contributed by atoms with Gasteiger partial charge in [-0.2, -0.15) is 0 Å². The lowest BCUT2D eigenvalue weighted by Gasteiger charge is -2.60. The zero-order valence-corrected chi connectivity index (χ0v) is 14.7. The highest BCUT2D eigenvalue weighted by Crippen LogP contribution is 2.70. The van der Waals surface area contributed by atoms with Crippen LogP contribution in [0, 0.1) is 40.4 Å². The average molecular weight is 303 g/mol. The summed E-state index contributed by atoms with van der Waals surface area (Å²) in [6.07, 6.45) is 15.5. The Morgan fingerprint density at radius 3 is 2.82 bits per heavy atom. The molecule has 2 unspecified atom stereocenters. The molecule has 1 heteroatoms. The van der Waals surface area contributed by atoms with E-state index in [1.165, 1.54) is 64.2 Å². The molecule has 0 aromatic carbocycles. The molecule has 1 nitrogen and oxygen atoms in total. The molecule has 22 heavy (non-hydrogen) atoms. The Labute approximate surface area is 136 Å². The Kier molecular flexibility index (Phi) is 3.09. The third-order valence-electron chi connectivity index (χ3n) is 9.46. The van der Waals surface area contributed by atoms with E-state index in [4.69, 9.17) is 4.74 Å². The van der Waals surface area contributed by atoms with Crippen LogP contribution in [-0.2, 0) is 4.74 Å². The maximum absolute atomic E-state index is 6.60. The predicted octanol–water partition coefficient (Wildman–Crippen LogP) is 5.43. The van der Waals surface area contributed by atoms with Crippen LogP contribution in [0.25, 0.3) is 0 Å². The molecule has 1 aliphatic heterocycles. The number of ether oxygens (including phenoxy) is 1. The second-order valence-electron chi connectivity index (χ2n) is 9.79. The Bertz CT molecular complexity index is 459. The van der Waals surface area contributed by atoms with Crippen LogP contribution in [0.2, 0.25) is 0 Å². The van der Waals surface area contributed by atoms with Gasteiger partial charge < -0.3 is 4.74 Å². The van der Waals surface area contributed by atoms with Gasteiger partial charge in [0, 0.05) is 5.41 Å². The van der Waals surface area contributed by atoms with Gasteiger partial charge in [-0.3, -0.25) is 0 Å². The maximum Gasteiger partial charge on any atom is 0.0618 e. The molecular formula is C21H34O. The van der Waals surface area contributed by atoms with Crippen LogP contribution >= 0.6 is 0 Å². The molecule has 5 aliphatic rings. The molecule has 124 valence electrons. The summed E-state index contributed by atoms with van der Waals surface area (Å²) in [4.78, 5) is 0. The molecule has 1 spiro atoms. The monoisotopic (exact) mass is 302 g/mol. The largest absolute Gasteiger partial charge is 0.377 e. The van der Waals surface area contributed by atoms with Gasteiger partial charge in [0.15, 0.2) is 0 Å². The van der Waals surface area contributed by atoms with E-state index in [0.29, 0.717) is 16.9 Å². The quantitative estimate of drug-likeness (QED) is 0.627. The second kappa shape index (κ2) is 4.74. The summed E-state index contributed by atoms with van der Waals surface area (Å²) in [6, 6.07) is 0. The minimum Gasteiger partial charge on any atom is -0.377 e. The summed E-state index contributed by atoms with van der Waals surface area (Å²) in [5, 5.41) is 0. The molecule has 0 N–H and O–H groups in total. The first-order valence-electron chi connectivity index (χ1n) is 10.3. The summed E-state index contributed by atoms with van der Waals surface area (Å²) < 4.78 is 6.60. The van der Waals surface area contributed by atoms with Crippen molar-refractivity contribution in [3.8, 4) is 0 Å². The molecule has 0 aromatic heterocycles. The van der Waals surface area contributed by atoms with Crippen LogP contribution in [0.1, 0.15) is 78.1 Å². The molecule has 5 rings (SSSR count). The van der Waals surface area contributed by atoms with Crippen LogP contribution in [0.4, 0.5) is 0 Å². The van der Waals surface area contributed by atoms with E-state index in [1.807, 2.05) is 0 Å². The molecular weight excluding hydrogens is 268 g/mol. The predicted molar refractivity (Wildman–Crippen MR) is 89.6 cm³/mol. The number of hydrogen-bond acceptors (Lipinski definition) is 1. The van der Waals surface area contributed by atoms with Crippen molar-refractivity contribution in [2.45, 2.75) is 84.2 Å². The van der Waals surface area contributed by atoms with E-state index in [-0.39, 0.29) is 0 Å². The molecule has 4 aliphatic carbocycles. The molecule has 0 amide bonds. The van der Waals surface area contributed by atoms with Crippen LogP contribution in [0.15, 0.2) is 0 Å². The molecule has 2 bridgehead atoms. The fourth-order valence-corrected chi connectivity index (χ4v) is 8.60. The summed E-state index contributed by atoms with van der Waals surface area (Å²) in [6.45, 7) is 6.23. The Morgan fingerprint density at radius 2 is 1.95 bits per heavy atom. The van der Waals surface area contributed by atoms with Crippen molar-refractivity contribution in [2.24, 2.45) is 40.4 Å². The van der Waals surface area contributed by atoms with E-state index in [2.05, 4.69) is 13.8 Å². The lowest BCUT2D eigenvalue weighted by atomic mass is 9.44. The third-order valence-corrected chi connectivity index (χ3v) is 9.46. The zero-order chi connectivity index (χ0) is 14.9. The average Bonchev–Trinajstić information content (AvgIpc) is 3.09. The molecule has 5 fully saturated rings. The SMILES string of the molecule is CC[C@H]1CC[C@H]2[C@@H]3CCC4CCCC[C@]4(C)[C@H]3C3C[C@]12CO3. The zero-order valence-electron chi connectivity index (χ0n) is 14.7. The van der Waals surface area contributed by atoms with Gasteiger partial charge in [-0.05, 0) is 80.0 Å². The number of fused-ring (bicyclic) bond motifs is 6. The van der Waals surface area contributed by atoms with Crippen molar-refractivity contribution in [1.82, 2.24) is 0 Å². The van der Waals surface area contributed by atoms with E-state index < -0.39 is 0 Å². The van der Waals surface area contributed by atoms with Crippen molar-refractivity contribution in [3.05, 3.63) is 0 Å². The lowest BCUT2D eigenvalue weighted by molar-refractivity contribution is -0.127. The lowest BCUT2D eigenvalue weighted by Crippen LogP contribution is -2.56. The van der Waals surface area contributed by atoms with Crippen molar-refractivity contribution >= 4 is 0 Å². The van der Waals surface area contributed by atoms with Gasteiger partial charge in [0.25, 0.3) is 0 Å². The molecule has 0 radical (unpaired) electrons. The van der Waals surface area contributed by atoms with E-state index in [1.54, 1.807) is 0 Å². The van der Waals surface area contributed by atoms with E-state index >= 15 is 0 Å². The number of hydrogen-bond donors (Lipinski definition) is 0. The van der Waals surface area contributed by atoms with Crippen molar-refractivity contribution in [2.75, 3.05) is 6.61 Å². The maximum atomic E-state index is 6.60. The summed E-state index contributed by atoms with van der Waals surface area (Å²) in [5.41, 5.74) is 1.23. The van der Waals surface area contributed by atoms with Crippen LogP contribution in [-0.4, -0.2) is 12.7 Å². The van der Waals surface area contributed by atoms with Crippen molar-refractivity contribution < 1.29 is 4.74 Å². The highest BCUT2D eigenvalue weighted by atomic mass is 16.5. The van der Waals surface area contributed by atoms with Gasteiger partial charge in [-0.25, -0.2) is 0 Å². The van der Waals surface area contributed by atoms with Crippen LogP contribution in [0.3, 0.4) is 0 Å². The van der Waals surface area contributed by atoms with Crippen LogP contribution in [0.5, 0.6) is 0 Å². The third kappa shape index (κ3) is 1.60. The minimum atomic E-state index is 0.610. The Balaban J connectivity index is 1.54. The number of rotatable bonds is 1. The van der Waals surface area contributed by atoms with Gasteiger partial charge in [0.2, 0.25) is 0 Å². The summed E-state index contributed by atoms with van der Waals surface area (Å²) >= 11 is 0. The second-order valence-corrected chi connectivity index (χ2v) is 9.79. The summed E-state index contributed by atoms with van der Waals surface area (Å²) in [7, 11) is 0. The minimum absolute atomic E-state index is 0.610. The Morgan fingerprint density at radius 1 is 1.05 bits per heavy atom. The molecule has 1 saturated heterocycles. The van der Waals surface area contributed by atoms with Gasteiger partial charge in [-0.15, -0.1) is 0 Å². The smallest absolute Gasteiger partial charge is 0.0618 e. The molecule has 8 atom stereocenters. The van der Waals surface area contributed by atoms with Gasteiger partial charge in [0.05, 0.1) is 12.7 Å². The normalized spacial score (nSPS) is 59.7. The Hall–Kier alpha value is -0.0400. The highest BCUT2D eigenvalue weighted by molar-refractivity contribution is 5.15. The highest BCUT2D eigenvalue weighted by Gasteiger charge is 2.66. The fraction of sp³-hybridized carbons (Fsp3) is 1.00. The van der Waals surface area contributed by atoms with Crippen molar-refractivity contribution in [3.63, 3.8) is 0 Å². The van der Waals surface area contributed by atoms with E-state index in [9.17, 15) is 0 Å². The van der Waals surface area contributed by atoms with Gasteiger partial charge in [0.1, 0.15) is 0 Å². The standard InChI is InChI=1S/C21H34O/c1-3-14-8-10-17-16-9-7-15-6-4-5-11-20(15,2)19(16)18-12-21(14,17)13-22-18/h14-19H,3-13H2,1-2H3/t14-,15?,16-,17-,18?,19+,20-,21-/m0/s1.